The molecule has 1 atom stereocenters. The van der Waals surface area contributed by atoms with Gasteiger partial charge in [0.05, 0.1) is 0 Å². The van der Waals surface area contributed by atoms with Crippen LogP contribution in [0.25, 0.3) is 0 Å². The molecule has 0 fully saturated rings. The molecule has 0 aromatic heterocycles. The summed E-state index contributed by atoms with van der Waals surface area (Å²) in [4.78, 5) is 38.3. The molecular weight excluding hydrogens is 997 g/mol. The van der Waals surface area contributed by atoms with E-state index in [1.54, 1.807) is 0 Å². The fourth-order valence-corrected chi connectivity index (χ4v) is 8.66. The molecule has 0 aliphatic carbocycles. The van der Waals surface area contributed by atoms with Crippen molar-refractivity contribution in [2.45, 2.75) is 284 Å². The number of hydrogen-bond donors (Lipinski definition) is 0. The van der Waals surface area contributed by atoms with Gasteiger partial charge < -0.3 is 14.2 Å². The molecule has 0 aromatic carbocycles. The second-order valence-corrected chi connectivity index (χ2v) is 21.3. The highest BCUT2D eigenvalue weighted by atomic mass is 16.6. The summed E-state index contributed by atoms with van der Waals surface area (Å²) in [6.45, 7) is 6.38. The Balaban J connectivity index is 4.34. The second kappa shape index (κ2) is 67.5. The lowest BCUT2D eigenvalue weighted by Crippen LogP contribution is -2.30. The van der Waals surface area contributed by atoms with Crippen LogP contribution in [0.3, 0.4) is 0 Å². The predicted octanol–water partition coefficient (Wildman–Crippen LogP) is 22.9. The predicted molar refractivity (Wildman–Crippen MR) is 352 cm³/mol. The standard InChI is InChI=1S/C75H120O6/c1-4-7-10-13-16-19-22-24-26-28-30-31-32-33-34-35-36-37-38-39-40-41-42-43-45-46-48-50-53-56-59-62-65-68-74(77)80-71-72(70-79-73(76)67-64-61-58-55-52-21-18-15-12-9-6-3)81-75(78)69-66-63-60-57-54-51-49-47-44-29-27-25-23-20-17-14-11-8-5-2/h7-8,10-11,16-17,19-20,24-27,30-31,33-34,36-37,39-40,42-44,46-48,72H,4-6,9,12-15,18,21-23,28-29,32,35,38,41,45,49-71H2,1-3H3/b10-7-,11-8-,19-16-,20-17-,26-24-,27-25-,31-30-,34-33-,37-36-,40-39-,43-42-,47-44-,48-46-. The zero-order chi connectivity index (χ0) is 58.5. The smallest absolute Gasteiger partial charge is 0.306 e. The van der Waals surface area contributed by atoms with Crippen LogP contribution >= 0.6 is 0 Å². The van der Waals surface area contributed by atoms with E-state index in [4.69, 9.17) is 14.2 Å². The van der Waals surface area contributed by atoms with Crippen LogP contribution in [0.5, 0.6) is 0 Å². The Morgan fingerprint density at radius 3 is 0.753 bits per heavy atom. The van der Waals surface area contributed by atoms with Crippen molar-refractivity contribution in [3.8, 4) is 0 Å². The van der Waals surface area contributed by atoms with E-state index in [0.29, 0.717) is 19.3 Å². The zero-order valence-corrected chi connectivity index (χ0v) is 52.2. The maximum atomic E-state index is 12.9. The van der Waals surface area contributed by atoms with Gasteiger partial charge in [-0.15, -0.1) is 0 Å². The summed E-state index contributed by atoms with van der Waals surface area (Å²) in [5.74, 6) is -0.929. The summed E-state index contributed by atoms with van der Waals surface area (Å²) in [7, 11) is 0. The molecule has 6 heteroatoms. The summed E-state index contributed by atoms with van der Waals surface area (Å²) in [5.41, 5.74) is 0. The van der Waals surface area contributed by atoms with Crippen LogP contribution in [0.1, 0.15) is 278 Å². The SMILES string of the molecule is CC/C=C\C/C=C\C/C=C\C/C=C\C/C=C\C/C=C\C/C=C\C/C=C\C/C=C\CCCCCCCC(=O)OCC(COC(=O)CCCCCCCCCCCCC)OC(=O)CCCCCCCC/C=C\C/C=C\C/C=C\C/C=C\CC. The second-order valence-electron chi connectivity index (χ2n) is 21.3. The van der Waals surface area contributed by atoms with Crippen molar-refractivity contribution in [1.82, 2.24) is 0 Å². The largest absolute Gasteiger partial charge is 0.462 e. The topological polar surface area (TPSA) is 78.9 Å². The van der Waals surface area contributed by atoms with Gasteiger partial charge >= 0.3 is 17.9 Å². The van der Waals surface area contributed by atoms with E-state index in [1.807, 2.05) is 0 Å². The molecule has 1 unspecified atom stereocenters. The molecular formula is C75H120O6. The number of unbranched alkanes of at least 4 members (excludes halogenated alkanes) is 21. The molecule has 0 bridgehead atoms. The van der Waals surface area contributed by atoms with Crippen LogP contribution in [0.2, 0.25) is 0 Å². The van der Waals surface area contributed by atoms with Crippen LogP contribution in [-0.4, -0.2) is 37.2 Å². The number of allylic oxidation sites excluding steroid dienone is 26. The van der Waals surface area contributed by atoms with Gasteiger partial charge in [-0.1, -0.05) is 288 Å². The van der Waals surface area contributed by atoms with Crippen LogP contribution < -0.4 is 0 Å². The Morgan fingerprint density at radius 2 is 0.481 bits per heavy atom. The normalized spacial score (nSPS) is 13.2. The lowest BCUT2D eigenvalue weighted by molar-refractivity contribution is -0.167. The third-order valence-electron chi connectivity index (χ3n) is 13.5. The Morgan fingerprint density at radius 1 is 0.259 bits per heavy atom. The molecule has 0 radical (unpaired) electrons. The average molecular weight is 1120 g/mol. The number of carbonyl (C=O) groups is 3. The Bertz CT molecular complexity index is 1810. The van der Waals surface area contributed by atoms with E-state index in [-0.39, 0.29) is 31.1 Å². The van der Waals surface area contributed by atoms with Gasteiger partial charge in [0.25, 0.3) is 0 Å². The highest BCUT2D eigenvalue weighted by Crippen LogP contribution is 2.15. The molecule has 456 valence electrons. The number of rotatable bonds is 58. The van der Waals surface area contributed by atoms with E-state index < -0.39 is 6.10 Å². The molecule has 0 saturated carbocycles. The Labute approximate surface area is 499 Å². The van der Waals surface area contributed by atoms with Crippen LogP contribution in [0, 0.1) is 0 Å². The van der Waals surface area contributed by atoms with E-state index in [2.05, 4.69) is 179 Å². The van der Waals surface area contributed by atoms with E-state index >= 15 is 0 Å². The molecule has 0 rings (SSSR count). The van der Waals surface area contributed by atoms with Gasteiger partial charge in [0, 0.05) is 19.3 Å². The lowest BCUT2D eigenvalue weighted by atomic mass is 10.1. The fraction of sp³-hybridized carbons (Fsp3) is 0.613. The van der Waals surface area contributed by atoms with E-state index in [1.165, 1.54) is 64.2 Å². The van der Waals surface area contributed by atoms with Crippen LogP contribution in [0.4, 0.5) is 0 Å². The molecule has 0 aliphatic rings. The minimum Gasteiger partial charge on any atom is -0.462 e. The summed E-state index contributed by atoms with van der Waals surface area (Å²) in [6, 6.07) is 0. The van der Waals surface area contributed by atoms with Crippen molar-refractivity contribution in [2.75, 3.05) is 13.2 Å². The van der Waals surface area contributed by atoms with Crippen molar-refractivity contribution < 1.29 is 28.6 Å². The molecule has 0 aromatic rings. The zero-order valence-electron chi connectivity index (χ0n) is 52.2. The van der Waals surface area contributed by atoms with Crippen LogP contribution in [-0.2, 0) is 28.6 Å². The van der Waals surface area contributed by atoms with Crippen molar-refractivity contribution >= 4 is 17.9 Å². The summed E-state index contributed by atoms with van der Waals surface area (Å²) in [5, 5.41) is 0. The minimum atomic E-state index is -0.800. The van der Waals surface area contributed by atoms with Gasteiger partial charge in [0.15, 0.2) is 6.10 Å². The van der Waals surface area contributed by atoms with Crippen molar-refractivity contribution in [1.29, 1.82) is 0 Å². The minimum absolute atomic E-state index is 0.0937. The van der Waals surface area contributed by atoms with E-state index in [9.17, 15) is 14.4 Å². The van der Waals surface area contributed by atoms with Gasteiger partial charge in [-0.3, -0.25) is 14.4 Å². The van der Waals surface area contributed by atoms with Gasteiger partial charge in [-0.2, -0.15) is 0 Å². The lowest BCUT2D eigenvalue weighted by Gasteiger charge is -2.18. The third kappa shape index (κ3) is 65.7. The molecule has 0 spiro atoms. The molecule has 0 N–H and O–H groups in total. The first kappa shape index (κ1) is 76.0. The van der Waals surface area contributed by atoms with Gasteiger partial charge in [-0.25, -0.2) is 0 Å². The average Bonchev–Trinajstić information content (AvgIpc) is 3.47. The molecule has 81 heavy (non-hydrogen) atoms. The van der Waals surface area contributed by atoms with Crippen molar-refractivity contribution in [3.05, 3.63) is 158 Å². The summed E-state index contributed by atoms with van der Waals surface area (Å²) < 4.78 is 16.9. The Hall–Kier alpha value is -4.97. The molecule has 0 heterocycles. The fourth-order valence-electron chi connectivity index (χ4n) is 8.66. The first-order valence-corrected chi connectivity index (χ1v) is 33.0. The molecule has 0 saturated heterocycles. The van der Waals surface area contributed by atoms with Gasteiger partial charge in [0.1, 0.15) is 13.2 Å². The number of hydrogen-bond acceptors (Lipinski definition) is 6. The van der Waals surface area contributed by atoms with Gasteiger partial charge in [0.2, 0.25) is 0 Å². The summed E-state index contributed by atoms with van der Waals surface area (Å²) >= 11 is 0. The molecule has 0 aliphatic heterocycles. The first-order chi connectivity index (χ1) is 40.0. The first-order valence-electron chi connectivity index (χ1n) is 33.0. The maximum absolute atomic E-state index is 12.9. The molecule has 6 nitrogen and oxygen atoms in total. The number of carbonyl (C=O) groups excluding carboxylic acids is 3. The monoisotopic (exact) mass is 1120 g/mol. The van der Waals surface area contributed by atoms with E-state index in [0.717, 1.165) is 173 Å². The Kier molecular flexibility index (Phi) is 63.4. The number of ether oxygens (including phenoxy) is 3. The third-order valence-corrected chi connectivity index (χ3v) is 13.5. The number of esters is 3. The van der Waals surface area contributed by atoms with Crippen LogP contribution in [0.15, 0.2) is 158 Å². The maximum Gasteiger partial charge on any atom is 0.306 e. The quantitative estimate of drug-likeness (QED) is 0.0261. The highest BCUT2D eigenvalue weighted by molar-refractivity contribution is 5.71. The highest BCUT2D eigenvalue weighted by Gasteiger charge is 2.19. The van der Waals surface area contributed by atoms with Crippen molar-refractivity contribution in [3.63, 3.8) is 0 Å². The molecule has 0 amide bonds. The summed E-state index contributed by atoms with van der Waals surface area (Å²) in [6.07, 6.45) is 98.2. The van der Waals surface area contributed by atoms with Crippen molar-refractivity contribution in [2.24, 2.45) is 0 Å². The van der Waals surface area contributed by atoms with Gasteiger partial charge in [-0.05, 0) is 128 Å².